The summed E-state index contributed by atoms with van der Waals surface area (Å²) in [7, 11) is 0. The molecule has 3 heteroatoms. The molecule has 1 aliphatic carbocycles. The molecule has 0 saturated heterocycles. The molecule has 1 aromatic carbocycles. The molecule has 0 radical (unpaired) electrons. The van der Waals surface area contributed by atoms with Gasteiger partial charge in [-0.15, -0.1) is 0 Å². The van der Waals surface area contributed by atoms with Crippen LogP contribution in [0, 0.1) is 5.92 Å². The van der Waals surface area contributed by atoms with Crippen LogP contribution in [0.5, 0.6) is 0 Å². The summed E-state index contributed by atoms with van der Waals surface area (Å²) in [5, 5.41) is 8.43. The van der Waals surface area contributed by atoms with Gasteiger partial charge in [0.1, 0.15) is 0 Å². The molecule has 1 fully saturated rings. The van der Waals surface area contributed by atoms with Gasteiger partial charge in [0.25, 0.3) is 0 Å². The summed E-state index contributed by atoms with van der Waals surface area (Å²) >= 11 is 5.95. The van der Waals surface area contributed by atoms with Gasteiger partial charge < -0.3 is 10.6 Å². The van der Waals surface area contributed by atoms with E-state index < -0.39 is 0 Å². The van der Waals surface area contributed by atoms with Crippen LogP contribution in [0.1, 0.15) is 58.4 Å². The second kappa shape index (κ2) is 8.90. The van der Waals surface area contributed by atoms with Crippen molar-refractivity contribution in [3.05, 3.63) is 34.9 Å². The molecule has 2 rings (SSSR count). The van der Waals surface area contributed by atoms with Crippen molar-refractivity contribution in [1.82, 2.24) is 10.6 Å². The van der Waals surface area contributed by atoms with Crippen LogP contribution in [-0.2, 0) is 6.54 Å². The Balaban J connectivity index is 1.85. The Morgan fingerprint density at radius 2 is 1.68 bits per heavy atom. The third-order valence-electron chi connectivity index (χ3n) is 4.57. The Bertz CT molecular complexity index is 430. The maximum atomic E-state index is 5.95. The van der Waals surface area contributed by atoms with E-state index in [0.29, 0.717) is 18.1 Å². The predicted octanol–water partition coefficient (Wildman–Crippen LogP) is 4.77. The third kappa shape index (κ3) is 5.91. The van der Waals surface area contributed by atoms with Crippen molar-refractivity contribution >= 4 is 11.6 Å². The largest absolute Gasteiger partial charge is 0.310 e. The molecule has 1 unspecified atom stereocenters. The van der Waals surface area contributed by atoms with Gasteiger partial charge in [-0.2, -0.15) is 0 Å². The fourth-order valence-electron chi connectivity index (χ4n) is 3.57. The van der Waals surface area contributed by atoms with Gasteiger partial charge in [0.05, 0.1) is 0 Å². The van der Waals surface area contributed by atoms with Crippen LogP contribution in [-0.4, -0.2) is 18.1 Å². The van der Waals surface area contributed by atoms with E-state index in [1.165, 1.54) is 37.7 Å². The fraction of sp³-hybridized carbons (Fsp3) is 0.684. The third-order valence-corrected chi connectivity index (χ3v) is 4.82. The molecule has 0 spiro atoms. The van der Waals surface area contributed by atoms with Crippen LogP contribution in [0.3, 0.4) is 0 Å². The lowest BCUT2D eigenvalue weighted by Crippen LogP contribution is -2.52. The minimum atomic E-state index is 0.582. The Labute approximate surface area is 141 Å². The van der Waals surface area contributed by atoms with Gasteiger partial charge in [0, 0.05) is 29.7 Å². The second-order valence-corrected chi connectivity index (χ2v) is 7.64. The lowest BCUT2D eigenvalue weighted by atomic mass is 9.89. The molecule has 0 aliphatic heterocycles. The van der Waals surface area contributed by atoms with Crippen molar-refractivity contribution in [2.75, 3.05) is 0 Å². The SMILES string of the molecule is CC(C)CC(C)N[C@@H]1CCCC[C@H]1NCc1ccc(Cl)cc1. The van der Waals surface area contributed by atoms with Gasteiger partial charge >= 0.3 is 0 Å². The molecule has 2 nitrogen and oxygen atoms in total. The highest BCUT2D eigenvalue weighted by Gasteiger charge is 2.25. The van der Waals surface area contributed by atoms with Gasteiger partial charge in [-0.3, -0.25) is 0 Å². The molecule has 124 valence electrons. The van der Waals surface area contributed by atoms with Crippen LogP contribution in [0.2, 0.25) is 5.02 Å². The first-order valence-electron chi connectivity index (χ1n) is 8.78. The monoisotopic (exact) mass is 322 g/mol. The van der Waals surface area contributed by atoms with E-state index in [1.807, 2.05) is 12.1 Å². The Morgan fingerprint density at radius 1 is 1.05 bits per heavy atom. The molecule has 1 aliphatic rings. The van der Waals surface area contributed by atoms with Crippen molar-refractivity contribution in [2.45, 2.75) is 77.5 Å². The molecule has 0 amide bonds. The Kier molecular flexibility index (Phi) is 7.20. The minimum absolute atomic E-state index is 0.582. The predicted molar refractivity (Wildman–Crippen MR) is 96.4 cm³/mol. The van der Waals surface area contributed by atoms with Gasteiger partial charge in [-0.05, 0) is 49.8 Å². The zero-order valence-corrected chi connectivity index (χ0v) is 15.0. The summed E-state index contributed by atoms with van der Waals surface area (Å²) in [6, 6.07) is 9.96. The van der Waals surface area contributed by atoms with Gasteiger partial charge in [0.2, 0.25) is 0 Å². The van der Waals surface area contributed by atoms with E-state index in [9.17, 15) is 0 Å². The first-order valence-corrected chi connectivity index (χ1v) is 9.16. The Morgan fingerprint density at radius 3 is 2.32 bits per heavy atom. The quantitative estimate of drug-likeness (QED) is 0.756. The lowest BCUT2D eigenvalue weighted by molar-refractivity contribution is 0.255. The summed E-state index contributed by atoms with van der Waals surface area (Å²) in [4.78, 5) is 0. The number of hydrogen-bond acceptors (Lipinski definition) is 2. The zero-order chi connectivity index (χ0) is 15.9. The first-order chi connectivity index (χ1) is 10.5. The highest BCUT2D eigenvalue weighted by molar-refractivity contribution is 6.30. The van der Waals surface area contributed by atoms with Crippen LogP contribution in [0.4, 0.5) is 0 Å². The van der Waals surface area contributed by atoms with Gasteiger partial charge in [-0.1, -0.05) is 50.4 Å². The topological polar surface area (TPSA) is 24.1 Å². The van der Waals surface area contributed by atoms with Crippen LogP contribution in [0.25, 0.3) is 0 Å². The zero-order valence-electron chi connectivity index (χ0n) is 14.2. The average Bonchev–Trinajstić information content (AvgIpc) is 2.47. The summed E-state index contributed by atoms with van der Waals surface area (Å²) in [5.41, 5.74) is 1.31. The standard InChI is InChI=1S/C19H31ClN2/c1-14(2)12-15(3)22-19-7-5-4-6-18(19)21-13-16-8-10-17(20)11-9-16/h8-11,14-15,18-19,21-22H,4-7,12-13H2,1-3H3/t15?,18-,19-/m1/s1. The van der Waals surface area contributed by atoms with E-state index in [0.717, 1.165) is 17.5 Å². The molecule has 3 atom stereocenters. The molecular weight excluding hydrogens is 292 g/mol. The smallest absolute Gasteiger partial charge is 0.0406 e. The number of nitrogens with one attached hydrogen (secondary N) is 2. The van der Waals surface area contributed by atoms with E-state index in [1.54, 1.807) is 0 Å². The van der Waals surface area contributed by atoms with E-state index >= 15 is 0 Å². The number of benzene rings is 1. The van der Waals surface area contributed by atoms with Crippen molar-refractivity contribution in [2.24, 2.45) is 5.92 Å². The highest BCUT2D eigenvalue weighted by Crippen LogP contribution is 2.21. The van der Waals surface area contributed by atoms with Crippen LogP contribution < -0.4 is 10.6 Å². The number of hydrogen-bond donors (Lipinski definition) is 2. The Hall–Kier alpha value is -0.570. The molecule has 0 aromatic heterocycles. The van der Waals surface area contributed by atoms with Crippen molar-refractivity contribution < 1.29 is 0 Å². The van der Waals surface area contributed by atoms with Crippen molar-refractivity contribution in [3.63, 3.8) is 0 Å². The normalized spacial score (nSPS) is 23.7. The number of halogens is 1. The summed E-state index contributed by atoms with van der Waals surface area (Å²) in [6.07, 6.45) is 6.51. The maximum Gasteiger partial charge on any atom is 0.0406 e. The van der Waals surface area contributed by atoms with Crippen molar-refractivity contribution in [3.8, 4) is 0 Å². The second-order valence-electron chi connectivity index (χ2n) is 7.20. The van der Waals surface area contributed by atoms with Crippen molar-refractivity contribution in [1.29, 1.82) is 0 Å². The summed E-state index contributed by atoms with van der Waals surface area (Å²) in [5.74, 6) is 0.756. The van der Waals surface area contributed by atoms with E-state index in [2.05, 4.69) is 43.5 Å². The summed E-state index contributed by atoms with van der Waals surface area (Å²) < 4.78 is 0. The van der Waals surface area contributed by atoms with Gasteiger partial charge in [-0.25, -0.2) is 0 Å². The summed E-state index contributed by atoms with van der Waals surface area (Å²) in [6.45, 7) is 7.86. The molecule has 1 aromatic rings. The first kappa shape index (κ1) is 17.8. The molecule has 0 heterocycles. The van der Waals surface area contributed by atoms with Crippen LogP contribution in [0.15, 0.2) is 24.3 Å². The molecule has 1 saturated carbocycles. The molecule has 2 N–H and O–H groups in total. The van der Waals surface area contributed by atoms with E-state index in [-0.39, 0.29) is 0 Å². The lowest BCUT2D eigenvalue weighted by Gasteiger charge is -2.35. The average molecular weight is 323 g/mol. The maximum absolute atomic E-state index is 5.95. The molecule has 22 heavy (non-hydrogen) atoms. The molecule has 0 bridgehead atoms. The van der Waals surface area contributed by atoms with Crippen LogP contribution >= 0.6 is 11.6 Å². The molecular formula is C19H31ClN2. The van der Waals surface area contributed by atoms with Gasteiger partial charge in [0.15, 0.2) is 0 Å². The fourth-order valence-corrected chi connectivity index (χ4v) is 3.69. The van der Waals surface area contributed by atoms with E-state index in [4.69, 9.17) is 11.6 Å². The highest BCUT2D eigenvalue weighted by atomic mass is 35.5. The minimum Gasteiger partial charge on any atom is -0.310 e. The number of rotatable bonds is 7.